The van der Waals surface area contributed by atoms with Crippen molar-refractivity contribution < 1.29 is 13.6 Å². The molecule has 8 heteroatoms. The smallest absolute Gasteiger partial charge is 0.323 e. The molecule has 148 valence electrons. The van der Waals surface area contributed by atoms with E-state index < -0.39 is 17.7 Å². The number of carbonyl (C=O) groups is 1. The number of amides is 2. The number of aromatic nitrogens is 2. The first-order valence-electron chi connectivity index (χ1n) is 9.31. The molecule has 1 aromatic heterocycles. The SMILES string of the molecule is O=C(Nc1ccc(-c2ccc(N3CCCC3)nn2)cc1)Nc1ccc(F)c(F)c1. The van der Waals surface area contributed by atoms with Crippen molar-refractivity contribution in [1.82, 2.24) is 10.2 Å². The average molecular weight is 395 g/mol. The Labute approximate surface area is 166 Å². The van der Waals surface area contributed by atoms with Crippen LogP contribution in [0.2, 0.25) is 0 Å². The van der Waals surface area contributed by atoms with Crippen molar-refractivity contribution in [2.24, 2.45) is 0 Å². The zero-order valence-electron chi connectivity index (χ0n) is 15.5. The lowest BCUT2D eigenvalue weighted by molar-refractivity contribution is 0.262. The van der Waals surface area contributed by atoms with Gasteiger partial charge < -0.3 is 15.5 Å². The molecule has 1 fully saturated rings. The van der Waals surface area contributed by atoms with Gasteiger partial charge in [0.05, 0.1) is 5.69 Å². The van der Waals surface area contributed by atoms with Gasteiger partial charge in [0.2, 0.25) is 0 Å². The quantitative estimate of drug-likeness (QED) is 0.674. The Kier molecular flexibility index (Phi) is 5.33. The van der Waals surface area contributed by atoms with Crippen molar-refractivity contribution in [1.29, 1.82) is 0 Å². The predicted octanol–water partition coefficient (Wildman–Crippen LogP) is 4.67. The molecule has 29 heavy (non-hydrogen) atoms. The molecule has 4 rings (SSSR count). The lowest BCUT2D eigenvalue weighted by Crippen LogP contribution is -2.19. The number of carbonyl (C=O) groups excluding carboxylic acids is 1. The first kappa shape index (κ1) is 18.8. The van der Waals surface area contributed by atoms with Gasteiger partial charge in [-0.25, -0.2) is 13.6 Å². The van der Waals surface area contributed by atoms with E-state index in [1.807, 2.05) is 24.3 Å². The average Bonchev–Trinajstić information content (AvgIpc) is 3.26. The van der Waals surface area contributed by atoms with E-state index in [1.165, 1.54) is 18.9 Å². The molecule has 0 atom stereocenters. The van der Waals surface area contributed by atoms with Gasteiger partial charge in [0, 0.05) is 36.1 Å². The zero-order chi connectivity index (χ0) is 20.2. The van der Waals surface area contributed by atoms with Crippen LogP contribution in [0.15, 0.2) is 54.6 Å². The number of hydrogen-bond donors (Lipinski definition) is 2. The van der Waals surface area contributed by atoms with Crippen LogP contribution in [0.5, 0.6) is 0 Å². The Morgan fingerprint density at radius 1 is 0.828 bits per heavy atom. The maximum Gasteiger partial charge on any atom is 0.323 e. The van der Waals surface area contributed by atoms with E-state index in [4.69, 9.17) is 0 Å². The van der Waals surface area contributed by atoms with Gasteiger partial charge in [0.25, 0.3) is 0 Å². The van der Waals surface area contributed by atoms with Gasteiger partial charge in [0.1, 0.15) is 0 Å². The first-order chi connectivity index (χ1) is 14.1. The second-order valence-corrected chi connectivity index (χ2v) is 6.76. The molecular formula is C21H19F2N5O. The third-order valence-electron chi connectivity index (χ3n) is 4.70. The third-order valence-corrected chi connectivity index (χ3v) is 4.70. The van der Waals surface area contributed by atoms with Gasteiger partial charge in [-0.1, -0.05) is 12.1 Å². The summed E-state index contributed by atoms with van der Waals surface area (Å²) in [5.74, 6) is -1.11. The van der Waals surface area contributed by atoms with E-state index in [9.17, 15) is 13.6 Å². The topological polar surface area (TPSA) is 70.2 Å². The van der Waals surface area contributed by atoms with Crippen LogP contribution >= 0.6 is 0 Å². The highest BCUT2D eigenvalue weighted by Gasteiger charge is 2.14. The second kappa shape index (κ2) is 8.22. The monoisotopic (exact) mass is 395 g/mol. The number of nitrogens with one attached hydrogen (secondary N) is 2. The Morgan fingerprint density at radius 2 is 1.52 bits per heavy atom. The molecule has 3 aromatic rings. The van der Waals surface area contributed by atoms with Gasteiger partial charge in [-0.15, -0.1) is 10.2 Å². The van der Waals surface area contributed by atoms with E-state index in [1.54, 1.807) is 12.1 Å². The number of urea groups is 1. The molecule has 2 amide bonds. The zero-order valence-corrected chi connectivity index (χ0v) is 15.5. The molecule has 1 aliphatic heterocycles. The summed E-state index contributed by atoms with van der Waals surface area (Å²) >= 11 is 0. The van der Waals surface area contributed by atoms with Crippen LogP contribution in [0.1, 0.15) is 12.8 Å². The van der Waals surface area contributed by atoms with Crippen LogP contribution in [-0.2, 0) is 0 Å². The molecule has 0 saturated carbocycles. The Morgan fingerprint density at radius 3 is 2.17 bits per heavy atom. The highest BCUT2D eigenvalue weighted by Crippen LogP contribution is 2.22. The summed E-state index contributed by atoms with van der Waals surface area (Å²) in [4.78, 5) is 14.2. The minimum atomic E-state index is -1.02. The maximum atomic E-state index is 13.2. The summed E-state index contributed by atoms with van der Waals surface area (Å²) in [6.07, 6.45) is 2.36. The first-order valence-corrected chi connectivity index (χ1v) is 9.31. The third kappa shape index (κ3) is 4.48. The van der Waals surface area contributed by atoms with Crippen LogP contribution in [-0.4, -0.2) is 29.3 Å². The molecule has 0 aliphatic carbocycles. The molecule has 0 bridgehead atoms. The molecule has 2 heterocycles. The second-order valence-electron chi connectivity index (χ2n) is 6.76. The van der Waals surface area contributed by atoms with E-state index in [0.717, 1.165) is 42.3 Å². The number of rotatable bonds is 4. The van der Waals surface area contributed by atoms with E-state index in [2.05, 4.69) is 25.7 Å². The van der Waals surface area contributed by atoms with Crippen LogP contribution < -0.4 is 15.5 Å². The lowest BCUT2D eigenvalue weighted by atomic mass is 10.1. The van der Waals surface area contributed by atoms with Crippen molar-refractivity contribution in [2.75, 3.05) is 28.6 Å². The highest BCUT2D eigenvalue weighted by molar-refractivity contribution is 5.99. The fraction of sp³-hybridized carbons (Fsp3) is 0.190. The van der Waals surface area contributed by atoms with Crippen LogP contribution in [0.25, 0.3) is 11.3 Å². The molecule has 1 aliphatic rings. The number of benzene rings is 2. The molecule has 0 spiro atoms. The molecular weight excluding hydrogens is 376 g/mol. The summed E-state index contributed by atoms with van der Waals surface area (Å²) in [5.41, 5.74) is 2.32. The Balaban J connectivity index is 1.38. The molecule has 2 aromatic carbocycles. The van der Waals surface area contributed by atoms with Crippen molar-refractivity contribution in [2.45, 2.75) is 12.8 Å². The van der Waals surface area contributed by atoms with Crippen molar-refractivity contribution in [3.05, 3.63) is 66.2 Å². The van der Waals surface area contributed by atoms with E-state index >= 15 is 0 Å². The Hall–Kier alpha value is -3.55. The standard InChI is InChI=1S/C21H19F2N5O/c22-17-8-7-16(13-18(17)23)25-21(29)24-15-5-3-14(4-6-15)19-9-10-20(27-26-19)28-11-1-2-12-28/h3-10,13H,1-2,11-12H2,(H2,24,25,29). The summed E-state index contributed by atoms with van der Waals surface area (Å²) in [6, 6.07) is 13.6. The van der Waals surface area contributed by atoms with Crippen LogP contribution in [0.4, 0.5) is 30.8 Å². The summed E-state index contributed by atoms with van der Waals surface area (Å²) in [7, 11) is 0. The number of halogens is 2. The Bertz CT molecular complexity index is 1000. The van der Waals surface area contributed by atoms with Gasteiger partial charge in [0.15, 0.2) is 17.5 Å². The van der Waals surface area contributed by atoms with E-state index in [-0.39, 0.29) is 5.69 Å². The van der Waals surface area contributed by atoms with E-state index in [0.29, 0.717) is 5.69 Å². The summed E-state index contributed by atoms with van der Waals surface area (Å²) in [6.45, 7) is 2.03. The number of hydrogen-bond acceptors (Lipinski definition) is 4. The predicted molar refractivity (Wildman–Crippen MR) is 108 cm³/mol. The molecule has 0 radical (unpaired) electrons. The fourth-order valence-electron chi connectivity index (χ4n) is 3.19. The molecule has 6 nitrogen and oxygen atoms in total. The van der Waals surface area contributed by atoms with Gasteiger partial charge in [-0.05, 0) is 49.2 Å². The van der Waals surface area contributed by atoms with Crippen molar-refractivity contribution in [3.63, 3.8) is 0 Å². The molecule has 2 N–H and O–H groups in total. The summed E-state index contributed by atoms with van der Waals surface area (Å²) < 4.78 is 26.2. The lowest BCUT2D eigenvalue weighted by Gasteiger charge is -2.15. The van der Waals surface area contributed by atoms with Crippen molar-refractivity contribution >= 4 is 23.2 Å². The summed E-state index contributed by atoms with van der Waals surface area (Å²) in [5, 5.41) is 13.7. The van der Waals surface area contributed by atoms with Gasteiger partial charge in [-0.3, -0.25) is 0 Å². The normalized spacial score (nSPS) is 13.4. The largest absolute Gasteiger partial charge is 0.355 e. The van der Waals surface area contributed by atoms with Gasteiger partial charge >= 0.3 is 6.03 Å². The van der Waals surface area contributed by atoms with Crippen LogP contribution in [0, 0.1) is 11.6 Å². The number of nitrogens with zero attached hydrogens (tertiary/aromatic N) is 3. The number of anilines is 3. The fourth-order valence-corrected chi connectivity index (χ4v) is 3.19. The molecule has 0 unspecified atom stereocenters. The molecule has 1 saturated heterocycles. The minimum absolute atomic E-state index is 0.159. The minimum Gasteiger partial charge on any atom is -0.355 e. The van der Waals surface area contributed by atoms with Crippen LogP contribution in [0.3, 0.4) is 0 Å². The highest BCUT2D eigenvalue weighted by atomic mass is 19.2. The van der Waals surface area contributed by atoms with Gasteiger partial charge in [-0.2, -0.15) is 0 Å². The maximum absolute atomic E-state index is 13.2. The van der Waals surface area contributed by atoms with Crippen molar-refractivity contribution in [3.8, 4) is 11.3 Å².